The first kappa shape index (κ1) is 12.9. The normalized spacial score (nSPS) is 17.7. The predicted molar refractivity (Wildman–Crippen MR) is 73.0 cm³/mol. The third kappa shape index (κ3) is 2.09. The molecule has 0 aliphatic heterocycles. The van der Waals surface area contributed by atoms with E-state index in [0.29, 0.717) is 0 Å². The molecule has 3 heteroatoms. The minimum absolute atomic E-state index is 0.677. The standard InChI is InChI=1S/C15H21NO2/c1-3-16(13-8-6-7-12(2)11-13)15(14(17)18)9-4-5-10-15/h6-8,11H,3-5,9-10H2,1-2H3,(H,17,18). The van der Waals surface area contributed by atoms with E-state index in [4.69, 9.17) is 0 Å². The molecule has 1 aliphatic rings. The maximum absolute atomic E-state index is 11.7. The quantitative estimate of drug-likeness (QED) is 0.888. The minimum atomic E-state index is -0.692. The number of benzene rings is 1. The van der Waals surface area contributed by atoms with Crippen molar-refractivity contribution in [3.63, 3.8) is 0 Å². The molecular weight excluding hydrogens is 226 g/mol. The Balaban J connectivity index is 2.40. The molecule has 1 aromatic carbocycles. The Morgan fingerprint density at radius 3 is 2.56 bits per heavy atom. The van der Waals surface area contributed by atoms with Crippen LogP contribution < -0.4 is 4.90 Å². The van der Waals surface area contributed by atoms with Crippen LogP contribution >= 0.6 is 0 Å². The molecule has 0 bridgehead atoms. The summed E-state index contributed by atoms with van der Waals surface area (Å²) in [6.07, 6.45) is 3.53. The van der Waals surface area contributed by atoms with Crippen molar-refractivity contribution < 1.29 is 9.90 Å². The summed E-state index contributed by atoms with van der Waals surface area (Å²) >= 11 is 0. The number of hydrogen-bond donors (Lipinski definition) is 1. The molecule has 0 saturated heterocycles. The molecule has 0 radical (unpaired) electrons. The Morgan fingerprint density at radius 2 is 2.06 bits per heavy atom. The number of carboxylic acid groups (broad SMARTS) is 1. The van der Waals surface area contributed by atoms with Gasteiger partial charge in [0.15, 0.2) is 0 Å². The third-order valence-electron chi connectivity index (χ3n) is 3.98. The molecule has 1 aromatic rings. The van der Waals surface area contributed by atoms with E-state index in [9.17, 15) is 9.90 Å². The maximum atomic E-state index is 11.7. The molecule has 98 valence electrons. The molecule has 0 heterocycles. The van der Waals surface area contributed by atoms with E-state index in [2.05, 4.69) is 11.0 Å². The van der Waals surface area contributed by atoms with Crippen LogP contribution in [0.15, 0.2) is 24.3 Å². The van der Waals surface area contributed by atoms with Crippen LogP contribution in [-0.2, 0) is 4.79 Å². The van der Waals surface area contributed by atoms with Crippen molar-refractivity contribution in [2.75, 3.05) is 11.4 Å². The second-order valence-corrected chi connectivity index (χ2v) is 5.13. The van der Waals surface area contributed by atoms with Crippen molar-refractivity contribution in [3.8, 4) is 0 Å². The smallest absolute Gasteiger partial charge is 0.329 e. The second kappa shape index (κ2) is 5.01. The first-order chi connectivity index (χ1) is 8.60. The van der Waals surface area contributed by atoms with Gasteiger partial charge in [-0.15, -0.1) is 0 Å². The van der Waals surface area contributed by atoms with Crippen LogP contribution in [0.1, 0.15) is 38.2 Å². The van der Waals surface area contributed by atoms with E-state index in [1.807, 2.05) is 32.0 Å². The van der Waals surface area contributed by atoms with Crippen LogP contribution in [0.3, 0.4) is 0 Å². The van der Waals surface area contributed by atoms with Crippen LogP contribution in [0.5, 0.6) is 0 Å². The topological polar surface area (TPSA) is 40.5 Å². The number of anilines is 1. The SMILES string of the molecule is CCN(c1cccc(C)c1)C1(C(=O)O)CCCC1. The van der Waals surface area contributed by atoms with E-state index in [1.54, 1.807) is 0 Å². The molecule has 0 aromatic heterocycles. The Hall–Kier alpha value is -1.51. The van der Waals surface area contributed by atoms with Crippen molar-refractivity contribution in [2.24, 2.45) is 0 Å². The average molecular weight is 247 g/mol. The lowest BCUT2D eigenvalue weighted by atomic mass is 9.94. The van der Waals surface area contributed by atoms with Crippen molar-refractivity contribution in [2.45, 2.75) is 45.1 Å². The highest BCUT2D eigenvalue weighted by Gasteiger charge is 2.46. The van der Waals surface area contributed by atoms with Crippen molar-refractivity contribution >= 4 is 11.7 Å². The fourth-order valence-electron chi connectivity index (χ4n) is 3.09. The van der Waals surface area contributed by atoms with Gasteiger partial charge in [0, 0.05) is 12.2 Å². The Labute approximate surface area is 108 Å². The highest BCUT2D eigenvalue weighted by molar-refractivity contribution is 5.84. The van der Waals surface area contributed by atoms with E-state index >= 15 is 0 Å². The van der Waals surface area contributed by atoms with Gasteiger partial charge in [-0.2, -0.15) is 0 Å². The van der Waals surface area contributed by atoms with Crippen LogP contribution in [0.25, 0.3) is 0 Å². The lowest BCUT2D eigenvalue weighted by Crippen LogP contribution is -2.53. The number of carboxylic acids is 1. The van der Waals surface area contributed by atoms with Gasteiger partial charge in [-0.25, -0.2) is 4.79 Å². The molecule has 18 heavy (non-hydrogen) atoms. The van der Waals surface area contributed by atoms with Gasteiger partial charge in [0.1, 0.15) is 5.54 Å². The number of aliphatic carboxylic acids is 1. The van der Waals surface area contributed by atoms with Gasteiger partial charge in [0.05, 0.1) is 0 Å². The molecule has 0 amide bonds. The molecule has 3 nitrogen and oxygen atoms in total. The maximum Gasteiger partial charge on any atom is 0.329 e. The summed E-state index contributed by atoms with van der Waals surface area (Å²) in [5.74, 6) is -0.677. The summed E-state index contributed by atoms with van der Waals surface area (Å²) in [6, 6.07) is 8.13. The number of likely N-dealkylation sites (N-methyl/N-ethyl adjacent to an activating group) is 1. The summed E-state index contributed by atoms with van der Waals surface area (Å²) in [4.78, 5) is 13.8. The summed E-state index contributed by atoms with van der Waals surface area (Å²) in [7, 11) is 0. The van der Waals surface area contributed by atoms with Gasteiger partial charge in [0.25, 0.3) is 0 Å². The number of hydrogen-bond acceptors (Lipinski definition) is 2. The Kier molecular flexibility index (Phi) is 3.60. The van der Waals surface area contributed by atoms with E-state index in [1.165, 1.54) is 5.56 Å². The van der Waals surface area contributed by atoms with Crippen LogP contribution in [0.4, 0.5) is 5.69 Å². The van der Waals surface area contributed by atoms with Crippen LogP contribution in [0, 0.1) is 6.92 Å². The monoisotopic (exact) mass is 247 g/mol. The number of carbonyl (C=O) groups is 1. The Bertz CT molecular complexity index is 436. The van der Waals surface area contributed by atoms with Gasteiger partial charge < -0.3 is 10.0 Å². The minimum Gasteiger partial charge on any atom is -0.479 e. The van der Waals surface area contributed by atoms with Crippen LogP contribution in [0.2, 0.25) is 0 Å². The molecule has 1 aliphatic carbocycles. The van der Waals surface area contributed by atoms with E-state index in [-0.39, 0.29) is 0 Å². The molecular formula is C15H21NO2. The van der Waals surface area contributed by atoms with Gasteiger partial charge >= 0.3 is 5.97 Å². The lowest BCUT2D eigenvalue weighted by molar-refractivity contribution is -0.143. The van der Waals surface area contributed by atoms with Gasteiger partial charge in [-0.05, 0) is 44.4 Å². The molecule has 1 N–H and O–H groups in total. The van der Waals surface area contributed by atoms with Crippen molar-refractivity contribution in [1.29, 1.82) is 0 Å². The zero-order valence-electron chi connectivity index (χ0n) is 11.1. The van der Waals surface area contributed by atoms with E-state index < -0.39 is 11.5 Å². The molecule has 1 fully saturated rings. The van der Waals surface area contributed by atoms with Crippen molar-refractivity contribution in [1.82, 2.24) is 0 Å². The molecule has 1 saturated carbocycles. The zero-order chi connectivity index (χ0) is 13.2. The highest BCUT2D eigenvalue weighted by Crippen LogP contribution is 2.38. The van der Waals surface area contributed by atoms with Gasteiger partial charge in [-0.1, -0.05) is 25.0 Å². The lowest BCUT2D eigenvalue weighted by Gasteiger charge is -2.39. The first-order valence-electron chi connectivity index (χ1n) is 6.68. The number of nitrogens with zero attached hydrogens (tertiary/aromatic N) is 1. The molecule has 0 spiro atoms. The Morgan fingerprint density at radius 1 is 1.39 bits per heavy atom. The van der Waals surface area contributed by atoms with Crippen LogP contribution in [-0.4, -0.2) is 23.2 Å². The number of rotatable bonds is 4. The predicted octanol–water partition coefficient (Wildman–Crippen LogP) is 3.22. The average Bonchev–Trinajstić information content (AvgIpc) is 2.81. The molecule has 0 atom stereocenters. The van der Waals surface area contributed by atoms with Crippen molar-refractivity contribution in [3.05, 3.63) is 29.8 Å². The second-order valence-electron chi connectivity index (χ2n) is 5.13. The largest absolute Gasteiger partial charge is 0.479 e. The molecule has 0 unspecified atom stereocenters. The fraction of sp³-hybridized carbons (Fsp3) is 0.533. The van der Waals surface area contributed by atoms with Gasteiger partial charge in [0.2, 0.25) is 0 Å². The molecule has 2 rings (SSSR count). The summed E-state index contributed by atoms with van der Waals surface area (Å²) < 4.78 is 0. The third-order valence-corrected chi connectivity index (χ3v) is 3.98. The summed E-state index contributed by atoms with van der Waals surface area (Å²) in [5.41, 5.74) is 1.51. The zero-order valence-corrected chi connectivity index (χ0v) is 11.1. The number of aryl methyl sites for hydroxylation is 1. The van der Waals surface area contributed by atoms with Gasteiger partial charge in [-0.3, -0.25) is 0 Å². The summed E-state index contributed by atoms with van der Waals surface area (Å²) in [5, 5.41) is 9.65. The fourth-order valence-corrected chi connectivity index (χ4v) is 3.09. The first-order valence-corrected chi connectivity index (χ1v) is 6.68. The van der Waals surface area contributed by atoms with E-state index in [0.717, 1.165) is 37.9 Å². The highest BCUT2D eigenvalue weighted by atomic mass is 16.4. The summed E-state index contributed by atoms with van der Waals surface area (Å²) in [6.45, 7) is 4.81.